The zero-order valence-electron chi connectivity index (χ0n) is 13.6. The van der Waals surface area contributed by atoms with Crippen LogP contribution in [0.4, 0.5) is 17.3 Å². The summed E-state index contributed by atoms with van der Waals surface area (Å²) in [5.41, 5.74) is 2.24. The van der Waals surface area contributed by atoms with Gasteiger partial charge < -0.3 is 10.6 Å². The molecule has 9 nitrogen and oxygen atoms in total. The highest BCUT2D eigenvalue weighted by atomic mass is 16.6. The molecule has 0 aliphatic rings. The van der Waals surface area contributed by atoms with Crippen molar-refractivity contribution in [2.75, 3.05) is 23.7 Å². The van der Waals surface area contributed by atoms with Crippen LogP contribution in [0.15, 0.2) is 48.5 Å². The van der Waals surface area contributed by atoms with Gasteiger partial charge in [0.2, 0.25) is 5.95 Å². The van der Waals surface area contributed by atoms with Crippen LogP contribution in [-0.4, -0.2) is 38.2 Å². The zero-order chi connectivity index (χ0) is 17.6. The van der Waals surface area contributed by atoms with E-state index in [9.17, 15) is 10.1 Å². The van der Waals surface area contributed by atoms with Crippen molar-refractivity contribution in [3.63, 3.8) is 0 Å². The standard InChI is InChI=1S/C16H17N7O2/c1-12-7-8-14(15(11-12)23(24)25)17-9-10-18-16-19-20-21-22(16)13-5-3-2-4-6-13/h2-8,11,17H,9-10H2,1H3,(H,18,19,21). The maximum Gasteiger partial charge on any atom is 0.292 e. The Morgan fingerprint density at radius 2 is 1.88 bits per heavy atom. The van der Waals surface area contributed by atoms with Gasteiger partial charge in [-0.2, -0.15) is 4.68 Å². The summed E-state index contributed by atoms with van der Waals surface area (Å²) in [5, 5.41) is 28.9. The number of nitro groups is 1. The molecule has 1 heterocycles. The van der Waals surface area contributed by atoms with Crippen molar-refractivity contribution in [1.29, 1.82) is 0 Å². The predicted molar refractivity (Wildman–Crippen MR) is 94.0 cm³/mol. The number of hydrogen-bond acceptors (Lipinski definition) is 7. The smallest absolute Gasteiger partial charge is 0.292 e. The van der Waals surface area contributed by atoms with E-state index in [4.69, 9.17) is 0 Å². The minimum absolute atomic E-state index is 0.0640. The lowest BCUT2D eigenvalue weighted by atomic mass is 10.2. The normalized spacial score (nSPS) is 10.4. The number of tetrazole rings is 1. The van der Waals surface area contributed by atoms with Crippen molar-refractivity contribution in [1.82, 2.24) is 20.2 Å². The third kappa shape index (κ3) is 3.89. The number of nitrogens with zero attached hydrogens (tertiary/aromatic N) is 5. The fraction of sp³-hybridized carbons (Fsp3) is 0.188. The van der Waals surface area contributed by atoms with Crippen molar-refractivity contribution in [2.45, 2.75) is 6.92 Å². The molecule has 0 atom stereocenters. The van der Waals surface area contributed by atoms with Crippen molar-refractivity contribution in [2.24, 2.45) is 0 Å². The molecule has 0 spiro atoms. The lowest BCUT2D eigenvalue weighted by molar-refractivity contribution is -0.384. The second-order valence-corrected chi connectivity index (χ2v) is 5.38. The Bertz CT molecular complexity index is 864. The summed E-state index contributed by atoms with van der Waals surface area (Å²) in [7, 11) is 0. The summed E-state index contributed by atoms with van der Waals surface area (Å²) < 4.78 is 1.59. The first-order chi connectivity index (χ1) is 12.1. The molecule has 0 unspecified atom stereocenters. The largest absolute Gasteiger partial charge is 0.378 e. The number of aryl methyl sites for hydroxylation is 1. The van der Waals surface area contributed by atoms with Gasteiger partial charge in [-0.1, -0.05) is 29.4 Å². The molecule has 1 aromatic heterocycles. The molecule has 0 aliphatic heterocycles. The monoisotopic (exact) mass is 339 g/mol. The molecule has 25 heavy (non-hydrogen) atoms. The van der Waals surface area contributed by atoms with Crippen LogP contribution >= 0.6 is 0 Å². The zero-order valence-corrected chi connectivity index (χ0v) is 13.6. The molecule has 0 aliphatic carbocycles. The van der Waals surface area contributed by atoms with E-state index in [1.54, 1.807) is 16.8 Å². The van der Waals surface area contributed by atoms with Crippen LogP contribution in [0, 0.1) is 17.0 Å². The fourth-order valence-corrected chi connectivity index (χ4v) is 2.35. The summed E-state index contributed by atoms with van der Waals surface area (Å²) in [6, 6.07) is 14.6. The predicted octanol–water partition coefficient (Wildman–Crippen LogP) is 2.40. The quantitative estimate of drug-likeness (QED) is 0.386. The van der Waals surface area contributed by atoms with Crippen molar-refractivity contribution in [3.8, 4) is 5.69 Å². The lowest BCUT2D eigenvalue weighted by Gasteiger charge is -2.09. The van der Waals surface area contributed by atoms with Crippen LogP contribution in [0.1, 0.15) is 5.56 Å². The topological polar surface area (TPSA) is 111 Å². The Kier molecular flexibility index (Phi) is 4.84. The van der Waals surface area contributed by atoms with Crippen LogP contribution < -0.4 is 10.6 Å². The van der Waals surface area contributed by atoms with E-state index in [0.717, 1.165) is 11.3 Å². The van der Waals surface area contributed by atoms with E-state index >= 15 is 0 Å². The van der Waals surface area contributed by atoms with Crippen molar-refractivity contribution in [3.05, 3.63) is 64.2 Å². The van der Waals surface area contributed by atoms with E-state index < -0.39 is 4.92 Å². The Balaban J connectivity index is 1.60. The van der Waals surface area contributed by atoms with Gasteiger partial charge in [0, 0.05) is 19.2 Å². The van der Waals surface area contributed by atoms with Gasteiger partial charge in [-0.25, -0.2) is 0 Å². The van der Waals surface area contributed by atoms with Gasteiger partial charge in [-0.05, 0) is 41.1 Å². The molecular weight excluding hydrogens is 322 g/mol. The number of hydrogen-bond donors (Lipinski definition) is 2. The molecule has 2 aromatic carbocycles. The summed E-state index contributed by atoms with van der Waals surface area (Å²) in [6.45, 7) is 2.80. The van der Waals surface area contributed by atoms with Crippen LogP contribution in [-0.2, 0) is 0 Å². The lowest BCUT2D eigenvalue weighted by Crippen LogP contribution is -2.17. The minimum atomic E-state index is -0.390. The van der Waals surface area contributed by atoms with Crippen LogP contribution in [0.2, 0.25) is 0 Å². The first-order valence-electron chi connectivity index (χ1n) is 7.72. The Morgan fingerprint density at radius 3 is 2.64 bits per heavy atom. The van der Waals surface area contributed by atoms with Gasteiger partial charge in [-0.15, -0.1) is 0 Å². The highest BCUT2D eigenvalue weighted by molar-refractivity contribution is 5.62. The van der Waals surface area contributed by atoms with Gasteiger partial charge in [0.25, 0.3) is 5.69 Å². The number of anilines is 2. The van der Waals surface area contributed by atoms with E-state index in [1.165, 1.54) is 0 Å². The molecule has 0 fully saturated rings. The summed E-state index contributed by atoms with van der Waals surface area (Å²) >= 11 is 0. The fourth-order valence-electron chi connectivity index (χ4n) is 2.35. The summed E-state index contributed by atoms with van der Waals surface area (Å²) in [5.74, 6) is 0.506. The van der Waals surface area contributed by atoms with E-state index in [2.05, 4.69) is 26.2 Å². The Hall–Kier alpha value is -3.49. The van der Waals surface area contributed by atoms with Gasteiger partial charge in [0.1, 0.15) is 5.69 Å². The van der Waals surface area contributed by atoms with Crippen molar-refractivity contribution < 1.29 is 4.92 Å². The van der Waals surface area contributed by atoms with E-state index in [1.807, 2.05) is 43.3 Å². The third-order valence-corrected chi connectivity index (χ3v) is 3.54. The molecule has 2 N–H and O–H groups in total. The summed E-state index contributed by atoms with van der Waals surface area (Å²) in [6.07, 6.45) is 0. The molecule has 0 saturated carbocycles. The second kappa shape index (κ2) is 7.39. The average Bonchev–Trinajstić information content (AvgIpc) is 3.09. The molecule has 9 heteroatoms. The van der Waals surface area contributed by atoms with Crippen LogP contribution in [0.3, 0.4) is 0 Å². The molecule has 0 radical (unpaired) electrons. The van der Waals surface area contributed by atoms with Crippen LogP contribution in [0.5, 0.6) is 0 Å². The average molecular weight is 339 g/mol. The van der Waals surface area contributed by atoms with Crippen molar-refractivity contribution >= 4 is 17.3 Å². The molecule has 3 rings (SSSR count). The number of nitro benzene ring substituents is 1. The number of para-hydroxylation sites is 1. The van der Waals surface area contributed by atoms with Gasteiger partial charge >= 0.3 is 0 Å². The van der Waals surface area contributed by atoms with E-state index in [-0.39, 0.29) is 5.69 Å². The van der Waals surface area contributed by atoms with E-state index in [0.29, 0.717) is 24.7 Å². The minimum Gasteiger partial charge on any atom is -0.378 e. The maximum atomic E-state index is 11.1. The first kappa shape index (κ1) is 16.4. The van der Waals surface area contributed by atoms with Gasteiger partial charge in [0.05, 0.1) is 10.6 Å². The number of aromatic nitrogens is 4. The highest BCUT2D eigenvalue weighted by Gasteiger charge is 2.13. The Morgan fingerprint density at radius 1 is 1.12 bits per heavy atom. The maximum absolute atomic E-state index is 11.1. The highest BCUT2D eigenvalue weighted by Crippen LogP contribution is 2.24. The summed E-state index contributed by atoms with van der Waals surface area (Å²) in [4.78, 5) is 10.7. The van der Waals surface area contributed by atoms with Gasteiger partial charge in [0.15, 0.2) is 0 Å². The Labute approximate surface area is 143 Å². The molecule has 128 valence electrons. The third-order valence-electron chi connectivity index (χ3n) is 3.54. The van der Waals surface area contributed by atoms with Crippen LogP contribution in [0.25, 0.3) is 5.69 Å². The SMILES string of the molecule is Cc1ccc(NCCNc2nnnn2-c2ccccc2)c([N+](=O)[O-])c1. The second-order valence-electron chi connectivity index (χ2n) is 5.38. The molecular formula is C16H17N7O2. The number of nitrogens with one attached hydrogen (secondary N) is 2. The van der Waals surface area contributed by atoms with Gasteiger partial charge in [-0.3, -0.25) is 10.1 Å². The molecule has 0 saturated heterocycles. The number of rotatable bonds is 7. The number of benzene rings is 2. The molecule has 0 bridgehead atoms. The first-order valence-corrected chi connectivity index (χ1v) is 7.72. The molecule has 3 aromatic rings. The molecule has 0 amide bonds.